The van der Waals surface area contributed by atoms with Crippen molar-refractivity contribution in [3.8, 4) is 0 Å². The summed E-state index contributed by atoms with van der Waals surface area (Å²) >= 11 is 8.23. The van der Waals surface area contributed by atoms with E-state index in [1.54, 1.807) is 7.11 Å². The third-order valence-corrected chi connectivity index (χ3v) is 3.95. The summed E-state index contributed by atoms with van der Waals surface area (Å²) in [4.78, 5) is 0. The Hall–Kier alpha value is -0.780. The second kappa shape index (κ2) is 7.12. The Bertz CT molecular complexity index is 560. The summed E-state index contributed by atoms with van der Waals surface area (Å²) in [6.45, 7) is 1.41. The normalized spacial score (nSPS) is 10.5. The van der Waals surface area contributed by atoms with Crippen LogP contribution >= 0.6 is 34.2 Å². The van der Waals surface area contributed by atoms with Gasteiger partial charge in [0.05, 0.1) is 6.61 Å². The largest absolute Gasteiger partial charge is 0.380 e. The quantitative estimate of drug-likeness (QED) is 0.751. The standard InChI is InChI=1S/C15H15ClINO/c1-19-10-12-5-3-2-4-11(12)9-18-15-7-6-13(16)8-14(15)17/h2-8,18H,9-10H2,1H3. The second-order valence-electron chi connectivity index (χ2n) is 4.18. The summed E-state index contributed by atoms with van der Waals surface area (Å²) in [5.41, 5.74) is 3.55. The highest BCUT2D eigenvalue weighted by atomic mass is 127. The molecule has 100 valence electrons. The van der Waals surface area contributed by atoms with E-state index in [0.29, 0.717) is 6.61 Å². The molecule has 2 nitrogen and oxygen atoms in total. The van der Waals surface area contributed by atoms with Crippen LogP contribution in [0.3, 0.4) is 0 Å². The van der Waals surface area contributed by atoms with Gasteiger partial charge in [-0.15, -0.1) is 0 Å². The number of benzene rings is 2. The van der Waals surface area contributed by atoms with Gasteiger partial charge in [0, 0.05) is 27.9 Å². The van der Waals surface area contributed by atoms with Crippen LogP contribution in [0.5, 0.6) is 0 Å². The van der Waals surface area contributed by atoms with Crippen LogP contribution in [0.4, 0.5) is 5.69 Å². The zero-order chi connectivity index (χ0) is 13.7. The fraction of sp³-hybridized carbons (Fsp3) is 0.200. The maximum Gasteiger partial charge on any atom is 0.0716 e. The van der Waals surface area contributed by atoms with E-state index < -0.39 is 0 Å². The van der Waals surface area contributed by atoms with Crippen molar-refractivity contribution in [1.82, 2.24) is 0 Å². The van der Waals surface area contributed by atoms with Crippen molar-refractivity contribution in [2.24, 2.45) is 0 Å². The van der Waals surface area contributed by atoms with Gasteiger partial charge in [-0.1, -0.05) is 35.9 Å². The summed E-state index contributed by atoms with van der Waals surface area (Å²) in [5.74, 6) is 0. The molecule has 0 bridgehead atoms. The Labute approximate surface area is 132 Å². The van der Waals surface area contributed by atoms with E-state index >= 15 is 0 Å². The molecule has 0 amide bonds. The number of nitrogens with one attached hydrogen (secondary N) is 1. The molecule has 0 saturated heterocycles. The van der Waals surface area contributed by atoms with Crippen LogP contribution in [0, 0.1) is 3.57 Å². The second-order valence-corrected chi connectivity index (χ2v) is 5.78. The Morgan fingerprint density at radius 1 is 1.16 bits per heavy atom. The Morgan fingerprint density at radius 2 is 1.89 bits per heavy atom. The lowest BCUT2D eigenvalue weighted by Crippen LogP contribution is -2.04. The van der Waals surface area contributed by atoms with Crippen molar-refractivity contribution in [2.75, 3.05) is 12.4 Å². The smallest absolute Gasteiger partial charge is 0.0716 e. The van der Waals surface area contributed by atoms with Gasteiger partial charge in [0.2, 0.25) is 0 Å². The number of rotatable bonds is 5. The van der Waals surface area contributed by atoms with Crippen molar-refractivity contribution in [2.45, 2.75) is 13.2 Å². The van der Waals surface area contributed by atoms with Gasteiger partial charge in [-0.05, 0) is 51.9 Å². The molecule has 4 heteroatoms. The first-order chi connectivity index (χ1) is 9.20. The molecule has 0 aliphatic rings. The molecule has 0 unspecified atom stereocenters. The van der Waals surface area contributed by atoms with Gasteiger partial charge in [0.1, 0.15) is 0 Å². The monoisotopic (exact) mass is 387 g/mol. The summed E-state index contributed by atoms with van der Waals surface area (Å²) < 4.78 is 6.33. The molecule has 0 spiro atoms. The van der Waals surface area contributed by atoms with E-state index in [0.717, 1.165) is 20.8 Å². The average molecular weight is 388 g/mol. The number of methoxy groups -OCH3 is 1. The van der Waals surface area contributed by atoms with E-state index in [-0.39, 0.29) is 0 Å². The van der Waals surface area contributed by atoms with Crippen molar-refractivity contribution < 1.29 is 4.74 Å². The molecule has 0 aromatic heterocycles. The Kier molecular flexibility index (Phi) is 5.48. The minimum atomic E-state index is 0.634. The number of anilines is 1. The van der Waals surface area contributed by atoms with E-state index in [9.17, 15) is 0 Å². The van der Waals surface area contributed by atoms with Gasteiger partial charge in [0.25, 0.3) is 0 Å². The number of ether oxygens (including phenoxy) is 1. The van der Waals surface area contributed by atoms with Crippen LogP contribution in [0.1, 0.15) is 11.1 Å². The van der Waals surface area contributed by atoms with Crippen LogP contribution < -0.4 is 5.32 Å². The maximum atomic E-state index is 5.95. The summed E-state index contributed by atoms with van der Waals surface area (Å²) in [6.07, 6.45) is 0. The average Bonchev–Trinajstić information content (AvgIpc) is 2.40. The SMILES string of the molecule is COCc1ccccc1CNc1ccc(Cl)cc1I. The molecular weight excluding hydrogens is 373 g/mol. The lowest BCUT2D eigenvalue weighted by molar-refractivity contribution is 0.184. The Morgan fingerprint density at radius 3 is 2.58 bits per heavy atom. The fourth-order valence-corrected chi connectivity index (χ4v) is 2.91. The first-order valence-electron chi connectivity index (χ1n) is 5.95. The highest BCUT2D eigenvalue weighted by Crippen LogP contribution is 2.23. The molecule has 0 saturated carbocycles. The summed E-state index contributed by atoms with van der Waals surface area (Å²) in [5, 5.41) is 4.19. The van der Waals surface area contributed by atoms with Crippen molar-refractivity contribution >= 4 is 39.9 Å². The van der Waals surface area contributed by atoms with Crippen molar-refractivity contribution in [1.29, 1.82) is 0 Å². The molecular formula is C15H15ClINO. The van der Waals surface area contributed by atoms with Crippen molar-refractivity contribution in [3.63, 3.8) is 0 Å². The van der Waals surface area contributed by atoms with Crippen LogP contribution in [0.15, 0.2) is 42.5 Å². The lowest BCUT2D eigenvalue weighted by Gasteiger charge is -2.12. The van der Waals surface area contributed by atoms with Gasteiger partial charge in [-0.2, -0.15) is 0 Å². The minimum Gasteiger partial charge on any atom is -0.380 e. The molecule has 1 N–H and O–H groups in total. The lowest BCUT2D eigenvalue weighted by atomic mass is 10.1. The first-order valence-corrected chi connectivity index (χ1v) is 7.41. The molecule has 2 rings (SSSR count). The number of hydrogen-bond donors (Lipinski definition) is 1. The highest BCUT2D eigenvalue weighted by Gasteiger charge is 2.03. The number of hydrogen-bond acceptors (Lipinski definition) is 2. The van der Waals surface area contributed by atoms with Crippen LogP contribution in [-0.2, 0) is 17.9 Å². The van der Waals surface area contributed by atoms with E-state index in [1.807, 2.05) is 30.3 Å². The van der Waals surface area contributed by atoms with Gasteiger partial charge >= 0.3 is 0 Å². The number of halogens is 2. The predicted molar refractivity (Wildman–Crippen MR) is 88.7 cm³/mol. The molecule has 0 atom stereocenters. The van der Waals surface area contributed by atoms with Gasteiger partial charge in [0.15, 0.2) is 0 Å². The van der Waals surface area contributed by atoms with Crippen LogP contribution in [-0.4, -0.2) is 7.11 Å². The van der Waals surface area contributed by atoms with Crippen LogP contribution in [0.2, 0.25) is 5.02 Å². The zero-order valence-corrected chi connectivity index (χ0v) is 13.5. The Balaban J connectivity index is 2.10. The minimum absolute atomic E-state index is 0.634. The van der Waals surface area contributed by atoms with E-state index in [1.165, 1.54) is 11.1 Å². The summed E-state index contributed by atoms with van der Waals surface area (Å²) in [6, 6.07) is 14.1. The molecule has 0 aliphatic carbocycles. The molecule has 2 aromatic carbocycles. The van der Waals surface area contributed by atoms with Gasteiger partial charge in [-0.3, -0.25) is 0 Å². The highest BCUT2D eigenvalue weighted by molar-refractivity contribution is 14.1. The maximum absolute atomic E-state index is 5.95. The van der Waals surface area contributed by atoms with Crippen molar-refractivity contribution in [3.05, 3.63) is 62.2 Å². The van der Waals surface area contributed by atoms with Gasteiger partial charge < -0.3 is 10.1 Å². The van der Waals surface area contributed by atoms with Gasteiger partial charge in [-0.25, -0.2) is 0 Å². The predicted octanol–water partition coefficient (Wildman–Crippen LogP) is 4.70. The first kappa shape index (κ1) is 14.6. The molecule has 2 aromatic rings. The van der Waals surface area contributed by atoms with E-state index in [4.69, 9.17) is 16.3 Å². The topological polar surface area (TPSA) is 21.3 Å². The third-order valence-electron chi connectivity index (χ3n) is 2.82. The van der Waals surface area contributed by atoms with Crippen LogP contribution in [0.25, 0.3) is 0 Å². The molecule has 0 heterocycles. The van der Waals surface area contributed by atoms with E-state index in [2.05, 4.69) is 40.0 Å². The molecule has 0 radical (unpaired) electrons. The molecule has 0 aliphatic heterocycles. The molecule has 0 fully saturated rings. The zero-order valence-electron chi connectivity index (χ0n) is 10.6. The molecule has 19 heavy (non-hydrogen) atoms. The third kappa shape index (κ3) is 4.09. The summed E-state index contributed by atoms with van der Waals surface area (Å²) in [7, 11) is 1.71. The fourth-order valence-electron chi connectivity index (χ4n) is 1.85.